The second-order valence-electron chi connectivity index (χ2n) is 5.36. The number of nitrogens with one attached hydrogen (secondary N) is 1. The monoisotopic (exact) mass is 412 g/mol. The summed E-state index contributed by atoms with van der Waals surface area (Å²) in [4.78, 5) is 20.4. The molecular weight excluding hydrogens is 394 g/mol. The zero-order chi connectivity index (χ0) is 20.8. The molecule has 0 saturated heterocycles. The van der Waals surface area contributed by atoms with Crippen molar-refractivity contribution in [3.8, 4) is 5.69 Å². The minimum absolute atomic E-state index is 0.0716. The predicted molar refractivity (Wildman–Crippen MR) is 103 cm³/mol. The van der Waals surface area contributed by atoms with Gasteiger partial charge >= 0.3 is 0 Å². The Kier molecular flexibility index (Phi) is 7.38. The van der Waals surface area contributed by atoms with E-state index in [4.69, 9.17) is 21.8 Å². The van der Waals surface area contributed by atoms with Crippen LogP contribution in [-0.4, -0.2) is 44.0 Å². The standard InChI is InChI=1S/C16H13ClF2N4O3.C2H6/c17-14-9-4-5-12(26)23(13-10(18)2-1-3-11(13)19)15(9)22-16(21-14)20-8(6-24)7-25;1-2/h1-5,8,24-25H,6-7H2,(H,20,21,22);1-2H3. The summed E-state index contributed by atoms with van der Waals surface area (Å²) in [6.45, 7) is 3.16. The quantitative estimate of drug-likeness (QED) is 0.557. The van der Waals surface area contributed by atoms with Crippen LogP contribution < -0.4 is 10.9 Å². The summed E-state index contributed by atoms with van der Waals surface area (Å²) in [7, 11) is 0. The molecule has 0 saturated carbocycles. The van der Waals surface area contributed by atoms with Gasteiger partial charge in [0.25, 0.3) is 5.56 Å². The van der Waals surface area contributed by atoms with Gasteiger partial charge in [0.1, 0.15) is 22.5 Å². The van der Waals surface area contributed by atoms with E-state index in [9.17, 15) is 13.6 Å². The zero-order valence-electron chi connectivity index (χ0n) is 15.2. The third-order valence-electron chi connectivity index (χ3n) is 3.64. The first-order valence-electron chi connectivity index (χ1n) is 8.48. The van der Waals surface area contributed by atoms with Crippen LogP contribution >= 0.6 is 11.6 Å². The number of para-hydroxylation sites is 1. The number of hydrogen-bond donors (Lipinski definition) is 3. The molecule has 3 aromatic rings. The second kappa shape index (κ2) is 9.54. The highest BCUT2D eigenvalue weighted by Gasteiger charge is 2.19. The lowest BCUT2D eigenvalue weighted by molar-refractivity contribution is 0.203. The Hall–Kier alpha value is -2.62. The predicted octanol–water partition coefficient (Wildman–Crippen LogP) is 2.50. The SMILES string of the molecule is CC.O=c1ccc2c(Cl)nc(NC(CO)CO)nc2n1-c1c(F)cccc1F. The molecule has 28 heavy (non-hydrogen) atoms. The summed E-state index contributed by atoms with van der Waals surface area (Å²) >= 11 is 6.10. The first-order chi connectivity index (χ1) is 13.5. The van der Waals surface area contributed by atoms with Crippen LogP contribution in [0.5, 0.6) is 0 Å². The summed E-state index contributed by atoms with van der Waals surface area (Å²) in [5, 5.41) is 21.1. The van der Waals surface area contributed by atoms with Crippen molar-refractivity contribution in [2.45, 2.75) is 19.9 Å². The van der Waals surface area contributed by atoms with E-state index >= 15 is 0 Å². The van der Waals surface area contributed by atoms with Gasteiger partial charge < -0.3 is 15.5 Å². The van der Waals surface area contributed by atoms with Crippen LogP contribution in [0.25, 0.3) is 16.7 Å². The van der Waals surface area contributed by atoms with Gasteiger partial charge in [0, 0.05) is 6.07 Å². The average Bonchev–Trinajstić information content (AvgIpc) is 2.69. The van der Waals surface area contributed by atoms with Crippen LogP contribution in [0.3, 0.4) is 0 Å². The third-order valence-corrected chi connectivity index (χ3v) is 3.93. The first kappa shape index (κ1) is 21.7. The van der Waals surface area contributed by atoms with Crippen molar-refractivity contribution in [2.75, 3.05) is 18.5 Å². The summed E-state index contributed by atoms with van der Waals surface area (Å²) in [6, 6.07) is 4.86. The lowest BCUT2D eigenvalue weighted by atomic mass is 10.2. The largest absolute Gasteiger partial charge is 0.394 e. The Labute approximate surface area is 164 Å². The maximum absolute atomic E-state index is 14.2. The Morgan fingerprint density at radius 1 is 1.11 bits per heavy atom. The molecule has 0 aliphatic heterocycles. The van der Waals surface area contributed by atoms with Gasteiger partial charge in [-0.25, -0.2) is 13.8 Å². The van der Waals surface area contributed by atoms with E-state index in [-0.39, 0.29) is 22.1 Å². The summed E-state index contributed by atoms with van der Waals surface area (Å²) in [6.07, 6.45) is 0. The van der Waals surface area contributed by atoms with Crippen LogP contribution in [-0.2, 0) is 0 Å². The Balaban J connectivity index is 0.00000136. The second-order valence-corrected chi connectivity index (χ2v) is 5.72. The van der Waals surface area contributed by atoms with Gasteiger partial charge in [-0.2, -0.15) is 4.98 Å². The number of aromatic nitrogens is 3. The van der Waals surface area contributed by atoms with Gasteiger partial charge in [0.15, 0.2) is 5.65 Å². The van der Waals surface area contributed by atoms with E-state index in [2.05, 4.69) is 15.3 Å². The molecule has 3 N–H and O–H groups in total. The van der Waals surface area contributed by atoms with Crippen LogP contribution in [0.1, 0.15) is 13.8 Å². The summed E-state index contributed by atoms with van der Waals surface area (Å²) in [5.74, 6) is -2.02. The highest BCUT2D eigenvalue weighted by molar-refractivity contribution is 6.34. The van der Waals surface area contributed by atoms with E-state index in [0.717, 1.165) is 22.8 Å². The van der Waals surface area contributed by atoms with Crippen LogP contribution in [0.4, 0.5) is 14.7 Å². The van der Waals surface area contributed by atoms with Gasteiger partial charge in [-0.15, -0.1) is 0 Å². The van der Waals surface area contributed by atoms with Crippen molar-refractivity contribution in [1.29, 1.82) is 0 Å². The molecule has 0 unspecified atom stereocenters. The van der Waals surface area contributed by atoms with E-state index in [1.165, 1.54) is 12.1 Å². The van der Waals surface area contributed by atoms with Crippen LogP contribution in [0.15, 0.2) is 35.1 Å². The molecule has 3 rings (SSSR count). The highest BCUT2D eigenvalue weighted by atomic mass is 35.5. The number of anilines is 1. The minimum Gasteiger partial charge on any atom is -0.394 e. The van der Waals surface area contributed by atoms with Crippen LogP contribution in [0.2, 0.25) is 5.15 Å². The fourth-order valence-electron chi connectivity index (χ4n) is 2.39. The normalized spacial score (nSPS) is 10.7. The van der Waals surface area contributed by atoms with Crippen molar-refractivity contribution >= 4 is 28.6 Å². The highest BCUT2D eigenvalue weighted by Crippen LogP contribution is 2.25. The van der Waals surface area contributed by atoms with Crippen molar-refractivity contribution in [2.24, 2.45) is 0 Å². The fraction of sp³-hybridized carbons (Fsp3) is 0.278. The molecule has 7 nitrogen and oxygen atoms in total. The maximum Gasteiger partial charge on any atom is 0.256 e. The van der Waals surface area contributed by atoms with Gasteiger partial charge in [-0.3, -0.25) is 9.36 Å². The van der Waals surface area contributed by atoms with E-state index in [1.54, 1.807) is 0 Å². The van der Waals surface area contributed by atoms with Crippen molar-refractivity contribution in [1.82, 2.24) is 14.5 Å². The summed E-state index contributed by atoms with van der Waals surface area (Å²) < 4.78 is 29.2. The summed E-state index contributed by atoms with van der Waals surface area (Å²) in [5.41, 5.74) is -1.44. The van der Waals surface area contributed by atoms with Gasteiger partial charge in [0.05, 0.1) is 24.6 Å². The first-order valence-corrected chi connectivity index (χ1v) is 8.86. The molecule has 0 radical (unpaired) electrons. The van der Waals surface area contributed by atoms with Gasteiger partial charge in [-0.1, -0.05) is 31.5 Å². The Morgan fingerprint density at radius 2 is 1.71 bits per heavy atom. The number of benzene rings is 1. The number of aliphatic hydroxyl groups is 2. The molecule has 0 amide bonds. The topological polar surface area (TPSA) is 100 Å². The number of rotatable bonds is 5. The molecule has 1 aromatic carbocycles. The Morgan fingerprint density at radius 3 is 2.29 bits per heavy atom. The number of fused-ring (bicyclic) bond motifs is 1. The lowest BCUT2D eigenvalue weighted by Crippen LogP contribution is -2.29. The molecule has 0 aliphatic carbocycles. The molecule has 0 aliphatic rings. The molecule has 2 aromatic heterocycles. The fourth-order valence-corrected chi connectivity index (χ4v) is 2.62. The smallest absolute Gasteiger partial charge is 0.256 e. The molecule has 150 valence electrons. The number of aliphatic hydroxyl groups excluding tert-OH is 2. The van der Waals surface area contributed by atoms with E-state index in [0.29, 0.717) is 0 Å². The van der Waals surface area contributed by atoms with Crippen molar-refractivity contribution < 1.29 is 19.0 Å². The maximum atomic E-state index is 14.2. The van der Waals surface area contributed by atoms with E-state index in [1.807, 2.05) is 13.8 Å². The number of pyridine rings is 1. The third kappa shape index (κ3) is 4.27. The number of nitrogens with zero attached hydrogens (tertiary/aromatic N) is 3. The van der Waals surface area contributed by atoms with Gasteiger partial charge in [0.2, 0.25) is 5.95 Å². The van der Waals surface area contributed by atoms with E-state index < -0.39 is 42.1 Å². The van der Waals surface area contributed by atoms with Crippen molar-refractivity contribution in [3.05, 3.63) is 57.5 Å². The van der Waals surface area contributed by atoms with Crippen molar-refractivity contribution in [3.63, 3.8) is 0 Å². The molecule has 10 heteroatoms. The Bertz CT molecular complexity index is 1010. The number of hydrogen-bond acceptors (Lipinski definition) is 6. The molecular formula is C18H19ClF2N4O3. The lowest BCUT2D eigenvalue weighted by Gasteiger charge is -2.16. The molecule has 0 atom stereocenters. The molecule has 2 heterocycles. The van der Waals surface area contributed by atoms with Crippen LogP contribution in [0, 0.1) is 11.6 Å². The molecule has 0 spiro atoms. The number of halogens is 3. The molecule has 0 bridgehead atoms. The molecule has 0 fully saturated rings. The minimum atomic E-state index is -0.951. The van der Waals surface area contributed by atoms with Gasteiger partial charge in [-0.05, 0) is 18.2 Å². The average molecular weight is 413 g/mol. The zero-order valence-corrected chi connectivity index (χ0v) is 15.9.